The van der Waals surface area contributed by atoms with Crippen LogP contribution in [-0.4, -0.2) is 26.5 Å². The number of ether oxygens (including phenoxy) is 1. The van der Waals surface area contributed by atoms with Crippen LogP contribution in [0.25, 0.3) is 0 Å². The van der Waals surface area contributed by atoms with E-state index < -0.39 is 16.0 Å². The van der Waals surface area contributed by atoms with Crippen LogP contribution in [0.4, 0.5) is 5.69 Å². The number of nitrogens with one attached hydrogen (secondary N) is 1. The number of hydrogen-bond donors (Lipinski definition) is 1. The fourth-order valence-corrected chi connectivity index (χ4v) is 3.19. The molecule has 0 aliphatic heterocycles. The van der Waals surface area contributed by atoms with Crippen LogP contribution in [0, 0.1) is 0 Å². The van der Waals surface area contributed by atoms with E-state index in [0.29, 0.717) is 4.47 Å². The van der Waals surface area contributed by atoms with Gasteiger partial charge in [0.1, 0.15) is 4.90 Å². The molecule has 0 unspecified atom stereocenters. The number of methoxy groups -OCH3 is 1. The number of sulfonamides is 1. The fraction of sp³-hybridized carbons (Fsp3) is 0.0769. The van der Waals surface area contributed by atoms with Crippen LogP contribution < -0.4 is 4.72 Å². The van der Waals surface area contributed by atoms with Gasteiger partial charge in [0, 0.05) is 16.9 Å². The Morgan fingerprint density at radius 2 is 2.00 bits per heavy atom. The minimum atomic E-state index is -3.85. The van der Waals surface area contributed by atoms with E-state index in [1.807, 2.05) is 0 Å². The highest BCUT2D eigenvalue weighted by molar-refractivity contribution is 9.10. The van der Waals surface area contributed by atoms with Crippen LogP contribution in [0.15, 0.2) is 52.1 Å². The number of esters is 1. The molecular weight excluding hydrogens is 360 g/mol. The zero-order valence-electron chi connectivity index (χ0n) is 10.9. The molecule has 1 heterocycles. The molecule has 0 amide bonds. The summed E-state index contributed by atoms with van der Waals surface area (Å²) in [6.07, 6.45) is 2.69. The van der Waals surface area contributed by atoms with Crippen molar-refractivity contribution in [2.75, 3.05) is 11.8 Å². The van der Waals surface area contributed by atoms with E-state index >= 15 is 0 Å². The minimum Gasteiger partial charge on any atom is -0.465 e. The van der Waals surface area contributed by atoms with Gasteiger partial charge in [0.2, 0.25) is 0 Å². The van der Waals surface area contributed by atoms with Gasteiger partial charge in [-0.05, 0) is 34.1 Å². The third-order valence-electron chi connectivity index (χ3n) is 2.57. The average Bonchev–Trinajstić information content (AvgIpc) is 2.46. The number of carbonyl (C=O) groups is 1. The normalized spacial score (nSPS) is 11.0. The largest absolute Gasteiger partial charge is 0.465 e. The number of anilines is 1. The third-order valence-corrected chi connectivity index (χ3v) is 4.33. The predicted octanol–water partition coefficient (Wildman–Crippen LogP) is 2.43. The van der Waals surface area contributed by atoms with Gasteiger partial charge in [0.15, 0.2) is 0 Å². The summed E-state index contributed by atoms with van der Waals surface area (Å²) in [7, 11) is -2.62. The number of para-hydroxylation sites is 1. The Bertz CT molecular complexity index is 777. The Morgan fingerprint density at radius 1 is 1.29 bits per heavy atom. The van der Waals surface area contributed by atoms with Crippen molar-refractivity contribution < 1.29 is 17.9 Å². The van der Waals surface area contributed by atoms with Crippen molar-refractivity contribution in [2.24, 2.45) is 0 Å². The molecule has 0 bridgehead atoms. The number of benzene rings is 1. The van der Waals surface area contributed by atoms with E-state index in [0.717, 1.165) is 0 Å². The Balaban J connectivity index is 2.40. The van der Waals surface area contributed by atoms with Crippen molar-refractivity contribution in [3.8, 4) is 0 Å². The number of nitrogens with zero attached hydrogens (tertiary/aromatic N) is 1. The lowest BCUT2D eigenvalue weighted by Crippen LogP contribution is -2.16. The maximum absolute atomic E-state index is 12.3. The SMILES string of the molecule is COC(=O)c1ccccc1NS(=O)(=O)c1cncc(Br)c1. The van der Waals surface area contributed by atoms with Gasteiger partial charge in [-0.15, -0.1) is 0 Å². The number of halogens is 1. The summed E-state index contributed by atoms with van der Waals surface area (Å²) in [6, 6.07) is 7.60. The van der Waals surface area contributed by atoms with Crippen LogP contribution in [0.3, 0.4) is 0 Å². The predicted molar refractivity (Wildman–Crippen MR) is 80.5 cm³/mol. The van der Waals surface area contributed by atoms with Gasteiger partial charge in [0.25, 0.3) is 10.0 Å². The molecule has 1 aromatic carbocycles. The summed E-state index contributed by atoms with van der Waals surface area (Å²) in [5, 5.41) is 0. The molecule has 0 spiro atoms. The highest BCUT2D eigenvalue weighted by atomic mass is 79.9. The van der Waals surface area contributed by atoms with Crippen molar-refractivity contribution in [3.05, 3.63) is 52.8 Å². The number of hydrogen-bond acceptors (Lipinski definition) is 5. The first-order valence-electron chi connectivity index (χ1n) is 5.75. The molecule has 0 fully saturated rings. The second-order valence-electron chi connectivity index (χ2n) is 3.98. The molecule has 1 N–H and O–H groups in total. The monoisotopic (exact) mass is 370 g/mol. The second kappa shape index (κ2) is 6.23. The summed E-state index contributed by atoms with van der Waals surface area (Å²) >= 11 is 3.16. The maximum Gasteiger partial charge on any atom is 0.339 e. The molecule has 110 valence electrons. The van der Waals surface area contributed by atoms with Crippen LogP contribution in [0.1, 0.15) is 10.4 Å². The van der Waals surface area contributed by atoms with Crippen molar-refractivity contribution in [1.29, 1.82) is 0 Å². The number of pyridine rings is 1. The van der Waals surface area contributed by atoms with Crippen molar-refractivity contribution in [1.82, 2.24) is 4.98 Å². The lowest BCUT2D eigenvalue weighted by molar-refractivity contribution is 0.0602. The summed E-state index contributed by atoms with van der Waals surface area (Å²) in [5.74, 6) is -0.624. The van der Waals surface area contributed by atoms with Crippen LogP contribution in [0.2, 0.25) is 0 Å². The van der Waals surface area contributed by atoms with Gasteiger partial charge in [0.05, 0.1) is 18.4 Å². The summed E-state index contributed by atoms with van der Waals surface area (Å²) < 4.78 is 32.1. The molecule has 0 saturated heterocycles. The second-order valence-corrected chi connectivity index (χ2v) is 6.58. The van der Waals surface area contributed by atoms with Gasteiger partial charge in [-0.1, -0.05) is 12.1 Å². The van der Waals surface area contributed by atoms with Gasteiger partial charge in [-0.2, -0.15) is 0 Å². The summed E-state index contributed by atoms with van der Waals surface area (Å²) in [4.78, 5) is 15.4. The molecule has 0 aliphatic carbocycles. The molecule has 8 heteroatoms. The molecular formula is C13H11BrN2O4S. The fourth-order valence-electron chi connectivity index (χ4n) is 1.60. The average molecular weight is 371 g/mol. The standard InChI is InChI=1S/C13H11BrN2O4S/c1-20-13(17)11-4-2-3-5-12(11)16-21(18,19)10-6-9(14)7-15-8-10/h2-8,16H,1H3. The first-order chi connectivity index (χ1) is 9.94. The smallest absolute Gasteiger partial charge is 0.339 e. The summed E-state index contributed by atoms with van der Waals surface area (Å²) in [6.45, 7) is 0. The number of carbonyl (C=O) groups excluding carboxylic acids is 1. The van der Waals surface area contributed by atoms with Gasteiger partial charge in [-0.25, -0.2) is 13.2 Å². The Morgan fingerprint density at radius 3 is 2.67 bits per heavy atom. The maximum atomic E-state index is 12.3. The molecule has 6 nitrogen and oxygen atoms in total. The van der Waals surface area contributed by atoms with Gasteiger partial charge >= 0.3 is 5.97 Å². The van der Waals surface area contributed by atoms with E-state index in [-0.39, 0.29) is 16.1 Å². The molecule has 0 aliphatic rings. The third kappa shape index (κ3) is 3.59. The molecule has 2 rings (SSSR count). The van der Waals surface area contributed by atoms with Gasteiger partial charge < -0.3 is 4.74 Å². The quantitative estimate of drug-likeness (QED) is 0.835. The topological polar surface area (TPSA) is 85.4 Å². The highest BCUT2D eigenvalue weighted by Crippen LogP contribution is 2.21. The molecule has 2 aromatic rings. The molecule has 1 aromatic heterocycles. The van der Waals surface area contributed by atoms with Gasteiger partial charge in [-0.3, -0.25) is 9.71 Å². The van der Waals surface area contributed by atoms with E-state index in [1.165, 1.54) is 37.7 Å². The zero-order valence-corrected chi connectivity index (χ0v) is 13.3. The Kier molecular flexibility index (Phi) is 4.59. The Labute approximate surface area is 130 Å². The summed E-state index contributed by atoms with van der Waals surface area (Å²) in [5.41, 5.74) is 0.274. The first kappa shape index (κ1) is 15.5. The Hall–Kier alpha value is -1.93. The highest BCUT2D eigenvalue weighted by Gasteiger charge is 2.19. The van der Waals surface area contributed by atoms with Crippen molar-refractivity contribution in [2.45, 2.75) is 4.90 Å². The molecule has 0 atom stereocenters. The van der Waals surface area contributed by atoms with E-state index in [9.17, 15) is 13.2 Å². The van der Waals surface area contributed by atoms with E-state index in [1.54, 1.807) is 12.1 Å². The lowest BCUT2D eigenvalue weighted by Gasteiger charge is -2.11. The minimum absolute atomic E-state index is 0.0171. The van der Waals surface area contributed by atoms with E-state index in [2.05, 4.69) is 30.4 Å². The first-order valence-corrected chi connectivity index (χ1v) is 8.02. The van der Waals surface area contributed by atoms with Crippen LogP contribution in [-0.2, 0) is 14.8 Å². The van der Waals surface area contributed by atoms with Crippen LogP contribution in [0.5, 0.6) is 0 Å². The van der Waals surface area contributed by atoms with E-state index in [4.69, 9.17) is 0 Å². The molecule has 21 heavy (non-hydrogen) atoms. The number of rotatable bonds is 4. The zero-order chi connectivity index (χ0) is 15.5. The van der Waals surface area contributed by atoms with Crippen LogP contribution >= 0.6 is 15.9 Å². The molecule has 0 saturated carbocycles. The lowest BCUT2D eigenvalue weighted by atomic mass is 10.2. The molecule has 0 radical (unpaired) electrons. The van der Waals surface area contributed by atoms with Crippen molar-refractivity contribution >= 4 is 37.6 Å². The number of aromatic nitrogens is 1. The van der Waals surface area contributed by atoms with Crippen molar-refractivity contribution in [3.63, 3.8) is 0 Å².